The zero-order valence-corrected chi connectivity index (χ0v) is 20.6. The van der Waals surface area contributed by atoms with Crippen molar-refractivity contribution in [3.63, 3.8) is 0 Å². The number of rotatable bonds is 13. The molecule has 0 aromatic heterocycles. The number of unbranched alkanes of at least 4 members (excludes halogenated alkanes) is 2. The quantitative estimate of drug-likeness (QED) is 0.241. The molecule has 0 bridgehead atoms. The van der Waals surface area contributed by atoms with E-state index in [1.165, 1.54) is 63.4 Å². The molecule has 5 atom stereocenters. The van der Waals surface area contributed by atoms with Gasteiger partial charge in [-0.25, -0.2) is 0 Å². The fourth-order valence-electron chi connectivity index (χ4n) is 4.53. The topological polar surface area (TPSA) is 20.2 Å². The monoisotopic (exact) mass is 402 g/mol. The molecule has 0 saturated heterocycles. The first kappa shape index (κ1) is 26.2. The maximum atomic E-state index is 10.3. The summed E-state index contributed by atoms with van der Waals surface area (Å²) >= 11 is 0. The molecule has 0 saturated carbocycles. The zero-order chi connectivity index (χ0) is 21.8. The zero-order valence-electron chi connectivity index (χ0n) is 20.6. The Morgan fingerprint density at radius 3 is 2.31 bits per heavy atom. The number of hydrogen-bond acceptors (Lipinski definition) is 1. The van der Waals surface area contributed by atoms with Crippen LogP contribution >= 0.6 is 0 Å². The van der Waals surface area contributed by atoms with Gasteiger partial charge < -0.3 is 5.11 Å². The number of aliphatic hydroxyl groups excluding tert-OH is 1. The van der Waals surface area contributed by atoms with Gasteiger partial charge >= 0.3 is 0 Å². The predicted octanol–water partition coefficient (Wildman–Crippen LogP) is 8.65. The Morgan fingerprint density at radius 1 is 0.966 bits per heavy atom. The molecule has 1 aliphatic rings. The lowest BCUT2D eigenvalue weighted by molar-refractivity contribution is 0.0971. The van der Waals surface area contributed by atoms with Crippen LogP contribution in [0.2, 0.25) is 0 Å². The molecule has 0 spiro atoms. The van der Waals surface area contributed by atoms with Crippen LogP contribution in [-0.2, 0) is 0 Å². The molecule has 1 nitrogen and oxygen atoms in total. The smallest absolute Gasteiger partial charge is 0.0751 e. The van der Waals surface area contributed by atoms with Gasteiger partial charge in [0.1, 0.15) is 0 Å². The van der Waals surface area contributed by atoms with Crippen LogP contribution in [0, 0.1) is 23.7 Å². The minimum atomic E-state index is -0.246. The maximum Gasteiger partial charge on any atom is 0.0751 e. The molecular weight excluding hydrogens is 352 g/mol. The van der Waals surface area contributed by atoms with Crippen LogP contribution in [0.5, 0.6) is 0 Å². The van der Waals surface area contributed by atoms with Crippen molar-refractivity contribution in [2.45, 2.75) is 119 Å². The van der Waals surface area contributed by atoms with Gasteiger partial charge in [0.05, 0.1) is 6.10 Å². The number of hydrogen-bond donors (Lipinski definition) is 1. The van der Waals surface area contributed by atoms with Crippen LogP contribution in [-0.4, -0.2) is 11.2 Å². The first-order valence-corrected chi connectivity index (χ1v) is 12.5. The highest BCUT2D eigenvalue weighted by Gasteiger charge is 2.31. The van der Waals surface area contributed by atoms with Gasteiger partial charge in [0.2, 0.25) is 0 Å². The Labute approximate surface area is 182 Å². The number of aliphatic hydroxyl groups is 1. The summed E-state index contributed by atoms with van der Waals surface area (Å²) in [5.41, 5.74) is 4.61. The molecule has 0 radical (unpaired) electrons. The van der Waals surface area contributed by atoms with Crippen LogP contribution < -0.4 is 0 Å². The van der Waals surface area contributed by atoms with E-state index in [1.807, 2.05) is 0 Å². The molecule has 5 unspecified atom stereocenters. The molecule has 1 heteroatoms. The second-order valence-electron chi connectivity index (χ2n) is 10.1. The van der Waals surface area contributed by atoms with E-state index in [1.54, 1.807) is 11.1 Å². The standard InChI is InChI=1S/C28H50O/c1-8-9-10-13-21(2)14-11-15-22(3)16-12-17-23(4)18-19-27-20-28(29)26(7)24(5)25(27)6/h13,15,20,23-26,28-29H,8-12,14,16-19H2,1-7H3/b21-13+,22-15+. The third kappa shape index (κ3) is 10.2. The lowest BCUT2D eigenvalue weighted by atomic mass is 9.71. The summed E-state index contributed by atoms with van der Waals surface area (Å²) in [6.45, 7) is 16.1. The fourth-order valence-corrected chi connectivity index (χ4v) is 4.53. The molecule has 0 heterocycles. The van der Waals surface area contributed by atoms with Crippen molar-refractivity contribution < 1.29 is 5.11 Å². The van der Waals surface area contributed by atoms with Crippen LogP contribution in [0.4, 0.5) is 0 Å². The van der Waals surface area contributed by atoms with Crippen molar-refractivity contribution in [3.8, 4) is 0 Å². The molecule has 1 N–H and O–H groups in total. The van der Waals surface area contributed by atoms with Crippen LogP contribution in [0.1, 0.15) is 113 Å². The van der Waals surface area contributed by atoms with Gasteiger partial charge in [0, 0.05) is 0 Å². The summed E-state index contributed by atoms with van der Waals surface area (Å²) in [7, 11) is 0. The van der Waals surface area contributed by atoms with E-state index in [2.05, 4.69) is 66.7 Å². The summed E-state index contributed by atoms with van der Waals surface area (Å²) in [5.74, 6) is 2.35. The highest BCUT2D eigenvalue weighted by molar-refractivity contribution is 5.15. The lowest BCUT2D eigenvalue weighted by Gasteiger charge is -2.36. The highest BCUT2D eigenvalue weighted by atomic mass is 16.3. The van der Waals surface area contributed by atoms with Crippen molar-refractivity contribution in [1.82, 2.24) is 0 Å². The molecule has 1 aliphatic carbocycles. The molecule has 1 rings (SSSR count). The average molecular weight is 403 g/mol. The van der Waals surface area contributed by atoms with E-state index in [0.717, 1.165) is 12.3 Å². The van der Waals surface area contributed by atoms with E-state index >= 15 is 0 Å². The summed E-state index contributed by atoms with van der Waals surface area (Å²) < 4.78 is 0. The molecule has 168 valence electrons. The van der Waals surface area contributed by atoms with Gasteiger partial charge in [-0.2, -0.15) is 0 Å². The van der Waals surface area contributed by atoms with E-state index < -0.39 is 0 Å². The van der Waals surface area contributed by atoms with Gasteiger partial charge in [0.15, 0.2) is 0 Å². The summed E-state index contributed by atoms with van der Waals surface area (Å²) in [4.78, 5) is 0. The average Bonchev–Trinajstić information content (AvgIpc) is 2.68. The van der Waals surface area contributed by atoms with E-state index in [0.29, 0.717) is 17.8 Å². The van der Waals surface area contributed by atoms with E-state index in [-0.39, 0.29) is 6.10 Å². The molecule has 0 aromatic rings. The lowest BCUT2D eigenvalue weighted by Crippen LogP contribution is -2.32. The highest BCUT2D eigenvalue weighted by Crippen LogP contribution is 2.37. The van der Waals surface area contributed by atoms with Gasteiger partial charge in [0.25, 0.3) is 0 Å². The maximum absolute atomic E-state index is 10.3. The van der Waals surface area contributed by atoms with Crippen molar-refractivity contribution >= 4 is 0 Å². The summed E-state index contributed by atoms with van der Waals surface area (Å²) in [6, 6.07) is 0. The van der Waals surface area contributed by atoms with Crippen molar-refractivity contribution in [1.29, 1.82) is 0 Å². The van der Waals surface area contributed by atoms with Crippen LogP contribution in [0.3, 0.4) is 0 Å². The van der Waals surface area contributed by atoms with E-state index in [4.69, 9.17) is 0 Å². The molecule has 29 heavy (non-hydrogen) atoms. The summed E-state index contributed by atoms with van der Waals surface area (Å²) in [6.07, 6.45) is 19.4. The Balaban J connectivity index is 2.25. The Morgan fingerprint density at radius 2 is 1.62 bits per heavy atom. The minimum absolute atomic E-state index is 0.246. The molecule has 0 amide bonds. The van der Waals surface area contributed by atoms with Gasteiger partial charge in [-0.3, -0.25) is 0 Å². The third-order valence-corrected chi connectivity index (χ3v) is 7.40. The van der Waals surface area contributed by atoms with Crippen molar-refractivity contribution in [3.05, 3.63) is 34.9 Å². The molecule has 0 aliphatic heterocycles. The number of allylic oxidation sites excluding steroid dienone is 5. The summed E-state index contributed by atoms with van der Waals surface area (Å²) in [5, 5.41) is 10.3. The first-order valence-electron chi connectivity index (χ1n) is 12.5. The second kappa shape index (κ2) is 14.2. The van der Waals surface area contributed by atoms with Crippen LogP contribution in [0.15, 0.2) is 34.9 Å². The fraction of sp³-hybridized carbons (Fsp3) is 0.786. The van der Waals surface area contributed by atoms with Crippen molar-refractivity contribution in [2.24, 2.45) is 23.7 Å². The molecular formula is C28H50O. The SMILES string of the molecule is CCCC/C=C(\C)CC/C=C(\C)CCCC(C)CCC1=CC(O)C(C)C(C)C1C. The Bertz CT molecular complexity index is 539. The molecule has 0 fully saturated rings. The van der Waals surface area contributed by atoms with Crippen molar-refractivity contribution in [2.75, 3.05) is 0 Å². The third-order valence-electron chi connectivity index (χ3n) is 7.40. The van der Waals surface area contributed by atoms with Crippen LogP contribution in [0.25, 0.3) is 0 Å². The minimum Gasteiger partial charge on any atom is -0.389 e. The Kier molecular flexibility index (Phi) is 12.9. The largest absolute Gasteiger partial charge is 0.389 e. The van der Waals surface area contributed by atoms with Gasteiger partial charge in [-0.05, 0) is 82.5 Å². The second-order valence-corrected chi connectivity index (χ2v) is 10.1. The predicted molar refractivity (Wildman–Crippen MR) is 130 cm³/mol. The van der Waals surface area contributed by atoms with Gasteiger partial charge in [-0.1, -0.05) is 88.8 Å². The first-order chi connectivity index (χ1) is 13.8. The van der Waals surface area contributed by atoms with Gasteiger partial charge in [-0.15, -0.1) is 0 Å². The van der Waals surface area contributed by atoms with E-state index in [9.17, 15) is 5.11 Å². The molecule has 0 aromatic carbocycles. The Hall–Kier alpha value is -0.820. The normalized spacial score (nSPS) is 27.1.